The van der Waals surface area contributed by atoms with Crippen molar-refractivity contribution in [2.24, 2.45) is 0 Å². The summed E-state index contributed by atoms with van der Waals surface area (Å²) in [5, 5.41) is 0. The van der Waals surface area contributed by atoms with Crippen LogP contribution in [0.2, 0.25) is 0 Å². The van der Waals surface area contributed by atoms with Crippen LogP contribution in [0, 0.1) is 3.57 Å². The molecule has 0 amide bonds. The van der Waals surface area contributed by atoms with Gasteiger partial charge in [-0.2, -0.15) is 0 Å². The standard InChI is InChI=1S/C14H21IO3/c1-4-16-14(17-5-2,18-6-3)11-12-9-7-8-10-13(12)15/h7-10H,4-6,11H2,1-3H3. The largest absolute Gasteiger partial charge is 0.327 e. The molecule has 0 aliphatic carbocycles. The van der Waals surface area contributed by atoms with Gasteiger partial charge in [-0.25, -0.2) is 0 Å². The molecule has 0 N–H and O–H groups in total. The lowest BCUT2D eigenvalue weighted by Gasteiger charge is -2.32. The lowest BCUT2D eigenvalue weighted by Crippen LogP contribution is -2.42. The van der Waals surface area contributed by atoms with Crippen LogP contribution in [0.1, 0.15) is 26.3 Å². The molecule has 0 aromatic heterocycles. The molecule has 1 aromatic carbocycles. The third kappa shape index (κ3) is 4.50. The zero-order chi connectivity index (χ0) is 13.4. The topological polar surface area (TPSA) is 27.7 Å². The predicted molar refractivity (Wildman–Crippen MR) is 80.5 cm³/mol. The molecule has 0 aliphatic heterocycles. The minimum absolute atomic E-state index is 0.559. The van der Waals surface area contributed by atoms with Crippen molar-refractivity contribution in [1.82, 2.24) is 0 Å². The smallest absolute Gasteiger partial charge is 0.287 e. The van der Waals surface area contributed by atoms with E-state index in [9.17, 15) is 0 Å². The van der Waals surface area contributed by atoms with Crippen LogP contribution in [0.3, 0.4) is 0 Å². The molecule has 1 rings (SSSR count). The van der Waals surface area contributed by atoms with E-state index in [1.54, 1.807) is 0 Å². The van der Waals surface area contributed by atoms with Gasteiger partial charge in [0.2, 0.25) is 0 Å². The van der Waals surface area contributed by atoms with Gasteiger partial charge in [-0.15, -0.1) is 0 Å². The monoisotopic (exact) mass is 364 g/mol. The molecule has 0 saturated carbocycles. The van der Waals surface area contributed by atoms with E-state index in [1.165, 1.54) is 9.13 Å². The first-order chi connectivity index (χ1) is 8.67. The van der Waals surface area contributed by atoms with E-state index in [2.05, 4.69) is 34.7 Å². The highest BCUT2D eigenvalue weighted by atomic mass is 127. The van der Waals surface area contributed by atoms with Crippen molar-refractivity contribution in [2.45, 2.75) is 33.2 Å². The summed E-state index contributed by atoms with van der Waals surface area (Å²) in [6.45, 7) is 7.52. The van der Waals surface area contributed by atoms with Crippen molar-refractivity contribution in [3.8, 4) is 0 Å². The Kier molecular flexibility index (Phi) is 7.14. The summed E-state index contributed by atoms with van der Waals surface area (Å²) in [4.78, 5) is 0. The number of hydrogen-bond donors (Lipinski definition) is 0. The molecule has 3 nitrogen and oxygen atoms in total. The van der Waals surface area contributed by atoms with E-state index >= 15 is 0 Å². The normalized spacial score (nSPS) is 11.8. The van der Waals surface area contributed by atoms with Crippen molar-refractivity contribution in [2.75, 3.05) is 19.8 Å². The van der Waals surface area contributed by atoms with Gasteiger partial charge in [0.1, 0.15) is 0 Å². The minimum Gasteiger partial charge on any atom is -0.327 e. The molecular formula is C14H21IO3. The van der Waals surface area contributed by atoms with Gasteiger partial charge in [0.05, 0.1) is 6.42 Å². The highest BCUT2D eigenvalue weighted by molar-refractivity contribution is 14.1. The van der Waals surface area contributed by atoms with Gasteiger partial charge < -0.3 is 14.2 Å². The van der Waals surface area contributed by atoms with E-state index in [-0.39, 0.29) is 0 Å². The Morgan fingerprint density at radius 2 is 1.44 bits per heavy atom. The van der Waals surface area contributed by atoms with Crippen LogP contribution in [0.5, 0.6) is 0 Å². The van der Waals surface area contributed by atoms with Gasteiger partial charge in [0, 0.05) is 23.4 Å². The first kappa shape index (κ1) is 15.9. The molecule has 102 valence electrons. The zero-order valence-corrected chi connectivity index (χ0v) is 13.4. The number of rotatable bonds is 8. The van der Waals surface area contributed by atoms with Crippen molar-refractivity contribution in [3.05, 3.63) is 33.4 Å². The third-order valence-corrected chi connectivity index (χ3v) is 3.51. The molecule has 0 aliphatic rings. The maximum absolute atomic E-state index is 5.72. The SMILES string of the molecule is CCOC(Cc1ccccc1I)(OCC)OCC. The summed E-state index contributed by atoms with van der Waals surface area (Å²) in [6.07, 6.45) is 0.599. The highest BCUT2D eigenvalue weighted by Crippen LogP contribution is 2.24. The van der Waals surface area contributed by atoms with Gasteiger partial charge in [-0.1, -0.05) is 18.2 Å². The first-order valence-corrected chi connectivity index (χ1v) is 7.40. The zero-order valence-electron chi connectivity index (χ0n) is 11.2. The van der Waals surface area contributed by atoms with Crippen LogP contribution in [-0.4, -0.2) is 25.8 Å². The van der Waals surface area contributed by atoms with Crippen molar-refractivity contribution >= 4 is 22.6 Å². The molecule has 0 bridgehead atoms. The van der Waals surface area contributed by atoms with Crippen molar-refractivity contribution < 1.29 is 14.2 Å². The fourth-order valence-corrected chi connectivity index (χ4v) is 2.39. The van der Waals surface area contributed by atoms with Gasteiger partial charge in [0.15, 0.2) is 0 Å². The first-order valence-electron chi connectivity index (χ1n) is 6.32. The maximum Gasteiger partial charge on any atom is 0.287 e. The van der Waals surface area contributed by atoms with Crippen LogP contribution in [0.4, 0.5) is 0 Å². The second-order valence-corrected chi connectivity index (χ2v) is 4.91. The lowest BCUT2D eigenvalue weighted by atomic mass is 10.1. The van der Waals surface area contributed by atoms with E-state index in [0.717, 1.165) is 0 Å². The molecule has 0 heterocycles. The summed E-state index contributed by atoms with van der Waals surface area (Å²) in [5.41, 5.74) is 1.17. The van der Waals surface area contributed by atoms with Crippen LogP contribution < -0.4 is 0 Å². The average molecular weight is 364 g/mol. The van der Waals surface area contributed by atoms with Crippen molar-refractivity contribution in [3.63, 3.8) is 0 Å². The van der Waals surface area contributed by atoms with Crippen LogP contribution >= 0.6 is 22.6 Å². The van der Waals surface area contributed by atoms with Crippen LogP contribution in [0.15, 0.2) is 24.3 Å². The minimum atomic E-state index is -0.959. The molecule has 0 saturated heterocycles. The summed E-state index contributed by atoms with van der Waals surface area (Å²) in [5.74, 6) is -0.959. The molecule has 0 spiro atoms. The number of benzene rings is 1. The Morgan fingerprint density at radius 1 is 0.944 bits per heavy atom. The van der Waals surface area contributed by atoms with Gasteiger partial charge >= 0.3 is 0 Å². The quantitative estimate of drug-likeness (QED) is 0.521. The van der Waals surface area contributed by atoms with Crippen LogP contribution in [0.25, 0.3) is 0 Å². The number of halogens is 1. The van der Waals surface area contributed by atoms with Gasteiger partial charge in [-0.05, 0) is 55.0 Å². The van der Waals surface area contributed by atoms with Crippen LogP contribution in [-0.2, 0) is 20.6 Å². The van der Waals surface area contributed by atoms with Gasteiger partial charge in [-0.3, -0.25) is 0 Å². The second kappa shape index (κ2) is 8.09. The van der Waals surface area contributed by atoms with E-state index in [0.29, 0.717) is 26.2 Å². The molecular weight excluding hydrogens is 343 g/mol. The summed E-state index contributed by atoms with van der Waals surface area (Å²) < 4.78 is 18.4. The maximum atomic E-state index is 5.72. The Hall–Kier alpha value is -0.170. The molecule has 0 radical (unpaired) electrons. The lowest BCUT2D eigenvalue weighted by molar-refractivity contribution is -0.376. The molecule has 4 heteroatoms. The Morgan fingerprint density at radius 3 is 1.89 bits per heavy atom. The summed E-state index contributed by atoms with van der Waals surface area (Å²) >= 11 is 2.32. The van der Waals surface area contributed by atoms with E-state index in [1.807, 2.05) is 32.9 Å². The third-order valence-electron chi connectivity index (χ3n) is 2.46. The second-order valence-electron chi connectivity index (χ2n) is 3.75. The molecule has 0 unspecified atom stereocenters. The van der Waals surface area contributed by atoms with E-state index in [4.69, 9.17) is 14.2 Å². The molecule has 0 fully saturated rings. The fourth-order valence-electron chi connectivity index (χ4n) is 1.81. The highest BCUT2D eigenvalue weighted by Gasteiger charge is 2.33. The Labute approximate surface area is 123 Å². The molecule has 18 heavy (non-hydrogen) atoms. The molecule has 1 aromatic rings. The van der Waals surface area contributed by atoms with Crippen molar-refractivity contribution in [1.29, 1.82) is 0 Å². The number of hydrogen-bond acceptors (Lipinski definition) is 3. The fraction of sp³-hybridized carbons (Fsp3) is 0.571. The van der Waals surface area contributed by atoms with E-state index < -0.39 is 5.97 Å². The number of ether oxygens (including phenoxy) is 3. The predicted octanol–water partition coefficient (Wildman–Crippen LogP) is 3.60. The average Bonchev–Trinajstić information content (AvgIpc) is 2.33. The Bertz CT molecular complexity index is 338. The molecule has 0 atom stereocenters. The summed E-state index contributed by atoms with van der Waals surface area (Å²) in [7, 11) is 0. The Balaban J connectivity index is 2.91. The summed E-state index contributed by atoms with van der Waals surface area (Å²) in [6, 6.07) is 8.19. The van der Waals surface area contributed by atoms with Gasteiger partial charge in [0.25, 0.3) is 5.97 Å².